The molecule has 1 saturated carbocycles. The van der Waals surface area contributed by atoms with Gasteiger partial charge in [-0.25, -0.2) is 0 Å². The van der Waals surface area contributed by atoms with E-state index in [4.69, 9.17) is 0 Å². The van der Waals surface area contributed by atoms with E-state index in [0.717, 1.165) is 51.3 Å². The minimum Gasteiger partial charge on any atom is -0.355 e. The smallest absolute Gasteiger partial charge is 0.230 e. The van der Waals surface area contributed by atoms with Gasteiger partial charge >= 0.3 is 0 Å². The zero-order valence-corrected chi connectivity index (χ0v) is 16.3. The molecule has 0 unspecified atom stereocenters. The second-order valence-electron chi connectivity index (χ2n) is 7.20. The molecule has 0 aromatic rings. The molecule has 0 atom stereocenters. The van der Waals surface area contributed by atoms with Crippen LogP contribution < -0.4 is 10.6 Å². The summed E-state index contributed by atoms with van der Waals surface area (Å²) in [6.07, 6.45) is 6.66. The molecule has 1 aliphatic rings. The van der Waals surface area contributed by atoms with Gasteiger partial charge in [-0.15, -0.1) is 0 Å². The van der Waals surface area contributed by atoms with Crippen LogP contribution in [0.1, 0.15) is 45.4 Å². The van der Waals surface area contributed by atoms with Crippen molar-refractivity contribution in [2.24, 2.45) is 10.4 Å². The minimum atomic E-state index is -0.265. The molecule has 6 nitrogen and oxygen atoms in total. The van der Waals surface area contributed by atoms with Crippen molar-refractivity contribution in [3.05, 3.63) is 0 Å². The Morgan fingerprint density at radius 2 is 1.79 bits per heavy atom. The van der Waals surface area contributed by atoms with Gasteiger partial charge in [0.2, 0.25) is 5.91 Å². The predicted molar refractivity (Wildman–Crippen MR) is 101 cm³/mol. The molecule has 0 aromatic carbocycles. The number of hydrogen-bond donors (Lipinski definition) is 2. The highest BCUT2D eigenvalue weighted by Gasteiger charge is 2.42. The van der Waals surface area contributed by atoms with E-state index in [9.17, 15) is 4.79 Å². The summed E-state index contributed by atoms with van der Waals surface area (Å²) in [5, 5.41) is 6.74. The van der Waals surface area contributed by atoms with Gasteiger partial charge in [0.15, 0.2) is 5.96 Å². The van der Waals surface area contributed by atoms with E-state index in [0.29, 0.717) is 6.54 Å². The van der Waals surface area contributed by atoms with Gasteiger partial charge in [-0.3, -0.25) is 9.79 Å². The number of rotatable bonds is 9. The molecule has 1 fully saturated rings. The maximum absolute atomic E-state index is 12.6. The number of nitrogens with zero attached hydrogens (tertiary/aromatic N) is 3. The third kappa shape index (κ3) is 6.30. The van der Waals surface area contributed by atoms with Gasteiger partial charge in [0.25, 0.3) is 0 Å². The molecule has 1 rings (SSSR count). The molecular weight excluding hydrogens is 302 g/mol. The van der Waals surface area contributed by atoms with E-state index >= 15 is 0 Å². The largest absolute Gasteiger partial charge is 0.355 e. The van der Waals surface area contributed by atoms with Crippen molar-refractivity contribution in [2.75, 3.05) is 54.4 Å². The van der Waals surface area contributed by atoms with Crippen molar-refractivity contribution in [2.45, 2.75) is 45.4 Å². The lowest BCUT2D eigenvalue weighted by atomic mass is 9.84. The fourth-order valence-corrected chi connectivity index (χ4v) is 3.37. The van der Waals surface area contributed by atoms with Crippen molar-refractivity contribution in [1.29, 1.82) is 0 Å². The highest BCUT2D eigenvalue weighted by atomic mass is 16.2. The molecular formula is C18H37N5O. The topological polar surface area (TPSA) is 60.0 Å². The summed E-state index contributed by atoms with van der Waals surface area (Å²) in [5.41, 5.74) is -0.265. The van der Waals surface area contributed by atoms with Crippen molar-refractivity contribution >= 4 is 11.9 Å². The number of likely N-dealkylation sites (N-methyl/N-ethyl adjacent to an activating group) is 1. The van der Waals surface area contributed by atoms with E-state index in [-0.39, 0.29) is 11.3 Å². The van der Waals surface area contributed by atoms with Crippen LogP contribution in [0.3, 0.4) is 0 Å². The molecule has 1 amide bonds. The molecule has 140 valence electrons. The van der Waals surface area contributed by atoms with Crippen LogP contribution in [-0.2, 0) is 4.79 Å². The van der Waals surface area contributed by atoms with Gasteiger partial charge in [0.1, 0.15) is 0 Å². The lowest BCUT2D eigenvalue weighted by molar-refractivity contribution is -0.138. The molecule has 24 heavy (non-hydrogen) atoms. The van der Waals surface area contributed by atoms with Gasteiger partial charge in [-0.1, -0.05) is 26.2 Å². The number of carbonyl (C=O) groups excluding carboxylic acids is 1. The molecule has 1 aliphatic carbocycles. The summed E-state index contributed by atoms with van der Waals surface area (Å²) in [4.78, 5) is 20.9. The first-order chi connectivity index (χ1) is 11.4. The average molecular weight is 340 g/mol. The minimum absolute atomic E-state index is 0.238. The molecule has 0 saturated heterocycles. The van der Waals surface area contributed by atoms with Crippen molar-refractivity contribution in [3.63, 3.8) is 0 Å². The van der Waals surface area contributed by atoms with E-state index in [2.05, 4.69) is 34.5 Å². The zero-order valence-electron chi connectivity index (χ0n) is 16.3. The second kappa shape index (κ2) is 10.5. The Labute approximate surface area is 148 Å². The summed E-state index contributed by atoms with van der Waals surface area (Å²) >= 11 is 0. The number of carbonyl (C=O) groups is 1. The molecule has 0 heterocycles. The SMILES string of the molecule is CCCCN(C)CCNC(=NC)NCC1(C(=O)N(C)C)CCCC1. The predicted octanol–water partition coefficient (Wildman–Crippen LogP) is 1.53. The summed E-state index contributed by atoms with van der Waals surface area (Å²) in [7, 11) is 7.63. The lowest BCUT2D eigenvalue weighted by Crippen LogP contribution is -2.49. The van der Waals surface area contributed by atoms with Gasteiger partial charge in [-0.05, 0) is 32.9 Å². The molecule has 2 N–H and O–H groups in total. The molecule has 6 heteroatoms. The Bertz CT molecular complexity index is 402. The summed E-state index contributed by atoms with van der Waals surface area (Å²) in [5.74, 6) is 1.03. The van der Waals surface area contributed by atoms with E-state index < -0.39 is 0 Å². The van der Waals surface area contributed by atoms with Crippen LogP contribution in [0.5, 0.6) is 0 Å². The Morgan fingerprint density at radius 3 is 2.33 bits per heavy atom. The number of guanidine groups is 1. The van der Waals surface area contributed by atoms with E-state index in [1.165, 1.54) is 12.8 Å². The zero-order chi connectivity index (χ0) is 18.0. The molecule has 0 spiro atoms. The Balaban J connectivity index is 2.43. The maximum atomic E-state index is 12.6. The summed E-state index contributed by atoms with van der Waals surface area (Å²) < 4.78 is 0. The molecule has 0 bridgehead atoms. The van der Waals surface area contributed by atoms with E-state index in [1.807, 2.05) is 14.1 Å². The van der Waals surface area contributed by atoms with Crippen molar-refractivity contribution < 1.29 is 4.79 Å². The van der Waals surface area contributed by atoms with Crippen LogP contribution in [0.25, 0.3) is 0 Å². The van der Waals surface area contributed by atoms with Crippen LogP contribution in [-0.4, -0.2) is 76.0 Å². The lowest BCUT2D eigenvalue weighted by Gasteiger charge is -2.31. The number of unbranched alkanes of at least 4 members (excludes halogenated alkanes) is 1. The summed E-state index contributed by atoms with van der Waals surface area (Å²) in [6.45, 7) is 5.85. The summed E-state index contributed by atoms with van der Waals surface area (Å²) in [6, 6.07) is 0. The normalized spacial score (nSPS) is 17.2. The van der Waals surface area contributed by atoms with E-state index in [1.54, 1.807) is 11.9 Å². The Morgan fingerprint density at radius 1 is 1.12 bits per heavy atom. The number of aliphatic imine (C=N–C) groups is 1. The highest BCUT2D eigenvalue weighted by molar-refractivity contribution is 5.85. The van der Waals surface area contributed by atoms with Gasteiger partial charge in [0.05, 0.1) is 5.41 Å². The Kier molecular flexibility index (Phi) is 9.11. The number of hydrogen-bond acceptors (Lipinski definition) is 3. The second-order valence-corrected chi connectivity index (χ2v) is 7.20. The van der Waals surface area contributed by atoms with Crippen molar-refractivity contribution in [3.8, 4) is 0 Å². The van der Waals surface area contributed by atoms with Crippen LogP contribution in [0.15, 0.2) is 4.99 Å². The van der Waals surface area contributed by atoms with Crippen molar-refractivity contribution in [1.82, 2.24) is 20.4 Å². The molecule has 0 aromatic heterocycles. The molecule has 0 aliphatic heterocycles. The first kappa shape index (κ1) is 20.7. The Hall–Kier alpha value is -1.30. The third-order valence-electron chi connectivity index (χ3n) is 4.92. The highest BCUT2D eigenvalue weighted by Crippen LogP contribution is 2.38. The standard InChI is InChI=1S/C18H37N5O/c1-6-7-13-23(5)14-12-20-17(19-2)21-15-18(10-8-9-11-18)16(24)22(3)4/h6-15H2,1-5H3,(H2,19,20,21). The van der Waals surface area contributed by atoms with Gasteiger partial charge in [0, 0.05) is 40.8 Å². The fraction of sp³-hybridized carbons (Fsp3) is 0.889. The quantitative estimate of drug-likeness (QED) is 0.494. The first-order valence-electron chi connectivity index (χ1n) is 9.30. The first-order valence-corrected chi connectivity index (χ1v) is 9.30. The van der Waals surface area contributed by atoms with Crippen LogP contribution in [0.2, 0.25) is 0 Å². The maximum Gasteiger partial charge on any atom is 0.230 e. The molecule has 0 radical (unpaired) electrons. The van der Waals surface area contributed by atoms with Crippen LogP contribution in [0.4, 0.5) is 0 Å². The monoisotopic (exact) mass is 339 g/mol. The van der Waals surface area contributed by atoms with Crippen LogP contribution in [0, 0.1) is 5.41 Å². The number of amides is 1. The average Bonchev–Trinajstić information content (AvgIpc) is 3.05. The van der Waals surface area contributed by atoms with Crippen LogP contribution >= 0.6 is 0 Å². The van der Waals surface area contributed by atoms with Gasteiger partial charge < -0.3 is 20.4 Å². The number of nitrogens with one attached hydrogen (secondary N) is 2. The fourth-order valence-electron chi connectivity index (χ4n) is 3.37. The third-order valence-corrected chi connectivity index (χ3v) is 4.92. The van der Waals surface area contributed by atoms with Gasteiger partial charge in [-0.2, -0.15) is 0 Å².